The number of nitrogens with one attached hydrogen (secondary N) is 1. The van der Waals surface area contributed by atoms with E-state index in [9.17, 15) is 13.2 Å². The van der Waals surface area contributed by atoms with Crippen molar-refractivity contribution in [3.05, 3.63) is 59.9 Å². The Morgan fingerprint density at radius 3 is 2.57 bits per heavy atom. The van der Waals surface area contributed by atoms with Gasteiger partial charge in [-0.25, -0.2) is 8.42 Å². The van der Waals surface area contributed by atoms with Crippen LogP contribution in [-0.2, 0) is 14.8 Å². The molecule has 1 aliphatic rings. The lowest BCUT2D eigenvalue weighted by molar-refractivity contribution is 0.0730. The van der Waals surface area contributed by atoms with Crippen LogP contribution in [0.15, 0.2) is 57.8 Å². The molecule has 1 N–H and O–H groups in total. The SMILES string of the molecule is Cc1ccc(S(=O)(=O)N2CCOCC2)cc1NC(=O)c1cc2ccccc2o1. The van der Waals surface area contributed by atoms with Crippen molar-refractivity contribution < 1.29 is 22.4 Å². The number of sulfonamides is 1. The van der Waals surface area contributed by atoms with Crippen LogP contribution in [0.2, 0.25) is 0 Å². The number of morpholine rings is 1. The highest BCUT2D eigenvalue weighted by molar-refractivity contribution is 7.89. The molecule has 1 aliphatic heterocycles. The predicted molar refractivity (Wildman–Crippen MR) is 105 cm³/mol. The number of ether oxygens (including phenoxy) is 1. The Hall–Kier alpha value is -2.68. The molecule has 2 aromatic carbocycles. The molecule has 28 heavy (non-hydrogen) atoms. The molecule has 1 fully saturated rings. The number of carbonyl (C=O) groups excluding carboxylic acids is 1. The summed E-state index contributed by atoms with van der Waals surface area (Å²) in [5.74, 6) is -0.262. The first kappa shape index (κ1) is 18.7. The molecule has 4 rings (SSSR count). The molecule has 0 atom stereocenters. The summed E-state index contributed by atoms with van der Waals surface area (Å²) in [4.78, 5) is 12.8. The van der Waals surface area contributed by atoms with Gasteiger partial charge in [0.05, 0.1) is 18.1 Å². The fourth-order valence-corrected chi connectivity index (χ4v) is 4.54. The summed E-state index contributed by atoms with van der Waals surface area (Å²) in [7, 11) is -3.64. The van der Waals surface area contributed by atoms with E-state index in [1.807, 2.05) is 18.2 Å². The Labute approximate surface area is 162 Å². The lowest BCUT2D eigenvalue weighted by Crippen LogP contribution is -2.40. The lowest BCUT2D eigenvalue weighted by Gasteiger charge is -2.26. The Bertz CT molecular complexity index is 1100. The number of hydrogen-bond donors (Lipinski definition) is 1. The van der Waals surface area contributed by atoms with Gasteiger partial charge in [0.2, 0.25) is 10.0 Å². The summed E-state index contributed by atoms with van der Waals surface area (Å²) in [6.45, 7) is 3.19. The van der Waals surface area contributed by atoms with Gasteiger partial charge in [0.15, 0.2) is 5.76 Å². The highest BCUT2D eigenvalue weighted by Crippen LogP contribution is 2.25. The molecule has 0 radical (unpaired) electrons. The molecule has 0 saturated carbocycles. The van der Waals surface area contributed by atoms with E-state index in [1.165, 1.54) is 10.4 Å². The number of fused-ring (bicyclic) bond motifs is 1. The second-order valence-corrected chi connectivity index (χ2v) is 8.53. The van der Waals surface area contributed by atoms with Gasteiger partial charge in [-0.05, 0) is 36.8 Å². The zero-order valence-electron chi connectivity index (χ0n) is 15.3. The Morgan fingerprint density at radius 2 is 1.82 bits per heavy atom. The van der Waals surface area contributed by atoms with Gasteiger partial charge in [0, 0.05) is 24.2 Å². The van der Waals surface area contributed by atoms with E-state index in [0.717, 1.165) is 10.9 Å². The number of carbonyl (C=O) groups is 1. The van der Waals surface area contributed by atoms with Crippen LogP contribution in [0, 0.1) is 6.92 Å². The molecular weight excluding hydrogens is 380 g/mol. The van der Waals surface area contributed by atoms with Gasteiger partial charge >= 0.3 is 0 Å². The zero-order valence-corrected chi connectivity index (χ0v) is 16.2. The van der Waals surface area contributed by atoms with Gasteiger partial charge < -0.3 is 14.5 Å². The Kier molecular flexibility index (Phi) is 4.92. The van der Waals surface area contributed by atoms with Gasteiger partial charge in [-0.3, -0.25) is 4.79 Å². The van der Waals surface area contributed by atoms with E-state index in [1.54, 1.807) is 31.2 Å². The van der Waals surface area contributed by atoms with Crippen molar-refractivity contribution in [1.29, 1.82) is 0 Å². The number of anilines is 1. The number of hydrogen-bond acceptors (Lipinski definition) is 5. The molecule has 1 aromatic heterocycles. The molecule has 3 aromatic rings. The summed E-state index contributed by atoms with van der Waals surface area (Å²) in [5.41, 5.74) is 1.80. The maximum absolute atomic E-state index is 12.9. The van der Waals surface area contributed by atoms with Gasteiger partial charge in [-0.15, -0.1) is 0 Å². The minimum Gasteiger partial charge on any atom is -0.451 e. The van der Waals surface area contributed by atoms with Crippen LogP contribution in [0.5, 0.6) is 0 Å². The fraction of sp³-hybridized carbons (Fsp3) is 0.250. The van der Waals surface area contributed by atoms with E-state index in [4.69, 9.17) is 9.15 Å². The van der Waals surface area contributed by atoms with E-state index in [0.29, 0.717) is 37.6 Å². The summed E-state index contributed by atoms with van der Waals surface area (Å²) in [6, 6.07) is 13.7. The van der Waals surface area contributed by atoms with Gasteiger partial charge in [-0.2, -0.15) is 4.31 Å². The summed E-state index contributed by atoms with van der Waals surface area (Å²) < 4.78 is 37.9. The predicted octanol–water partition coefficient (Wildman–Crippen LogP) is 3.01. The third-order valence-corrected chi connectivity index (χ3v) is 6.61. The number of rotatable bonds is 4. The molecule has 2 heterocycles. The zero-order chi connectivity index (χ0) is 19.7. The fourth-order valence-electron chi connectivity index (χ4n) is 3.11. The number of furan rings is 1. The molecule has 0 aliphatic carbocycles. The van der Waals surface area contributed by atoms with Crippen LogP contribution in [0.1, 0.15) is 16.1 Å². The topological polar surface area (TPSA) is 88.9 Å². The van der Waals surface area contributed by atoms with Crippen molar-refractivity contribution in [3.63, 3.8) is 0 Å². The molecule has 0 bridgehead atoms. The number of benzene rings is 2. The first-order chi connectivity index (χ1) is 13.4. The van der Waals surface area contributed by atoms with Crippen molar-refractivity contribution in [2.24, 2.45) is 0 Å². The quantitative estimate of drug-likeness (QED) is 0.727. The van der Waals surface area contributed by atoms with Crippen LogP contribution in [0.25, 0.3) is 11.0 Å². The van der Waals surface area contributed by atoms with Crippen molar-refractivity contribution in [1.82, 2.24) is 4.31 Å². The van der Waals surface area contributed by atoms with Gasteiger partial charge in [0.1, 0.15) is 5.58 Å². The first-order valence-corrected chi connectivity index (χ1v) is 10.4. The van der Waals surface area contributed by atoms with E-state index in [-0.39, 0.29) is 10.7 Å². The Morgan fingerprint density at radius 1 is 1.07 bits per heavy atom. The van der Waals surface area contributed by atoms with Crippen LogP contribution in [0.3, 0.4) is 0 Å². The number of aryl methyl sites for hydroxylation is 1. The van der Waals surface area contributed by atoms with Crippen molar-refractivity contribution in [3.8, 4) is 0 Å². The minimum atomic E-state index is -3.64. The average molecular weight is 400 g/mol. The summed E-state index contributed by atoms with van der Waals surface area (Å²) >= 11 is 0. The molecule has 8 heteroatoms. The lowest BCUT2D eigenvalue weighted by atomic mass is 10.2. The van der Waals surface area contributed by atoms with E-state index >= 15 is 0 Å². The number of nitrogens with zero attached hydrogens (tertiary/aromatic N) is 1. The summed E-state index contributed by atoms with van der Waals surface area (Å²) in [6.07, 6.45) is 0. The standard InChI is InChI=1S/C20H20N2O5S/c1-14-6-7-16(28(24,25)22-8-10-26-11-9-22)13-17(14)21-20(23)19-12-15-4-2-3-5-18(15)27-19/h2-7,12-13H,8-11H2,1H3,(H,21,23). The van der Waals surface area contributed by atoms with Crippen LogP contribution in [-0.4, -0.2) is 44.9 Å². The van der Waals surface area contributed by atoms with Crippen molar-refractivity contribution >= 4 is 32.6 Å². The summed E-state index contributed by atoms with van der Waals surface area (Å²) in [5, 5.41) is 3.59. The first-order valence-electron chi connectivity index (χ1n) is 8.93. The normalized spacial score (nSPS) is 15.6. The molecule has 1 amide bonds. The second-order valence-electron chi connectivity index (χ2n) is 6.60. The minimum absolute atomic E-state index is 0.139. The van der Waals surface area contributed by atoms with Crippen LogP contribution < -0.4 is 5.32 Å². The number of amides is 1. The van der Waals surface area contributed by atoms with Crippen molar-refractivity contribution in [2.75, 3.05) is 31.6 Å². The second kappa shape index (κ2) is 7.38. The highest BCUT2D eigenvalue weighted by atomic mass is 32.2. The van der Waals surface area contributed by atoms with Crippen molar-refractivity contribution in [2.45, 2.75) is 11.8 Å². The Balaban J connectivity index is 1.61. The highest BCUT2D eigenvalue weighted by Gasteiger charge is 2.27. The molecule has 7 nitrogen and oxygen atoms in total. The third-order valence-electron chi connectivity index (χ3n) is 4.71. The van der Waals surface area contributed by atoms with Crippen LogP contribution in [0.4, 0.5) is 5.69 Å². The molecule has 0 unspecified atom stereocenters. The smallest absolute Gasteiger partial charge is 0.291 e. The maximum atomic E-state index is 12.9. The molecule has 1 saturated heterocycles. The maximum Gasteiger partial charge on any atom is 0.291 e. The van der Waals surface area contributed by atoms with Gasteiger partial charge in [-0.1, -0.05) is 24.3 Å². The van der Waals surface area contributed by atoms with E-state index < -0.39 is 15.9 Å². The van der Waals surface area contributed by atoms with E-state index in [2.05, 4.69) is 5.32 Å². The van der Waals surface area contributed by atoms with Gasteiger partial charge in [0.25, 0.3) is 5.91 Å². The van der Waals surface area contributed by atoms with Crippen LogP contribution >= 0.6 is 0 Å². The molecule has 146 valence electrons. The number of para-hydroxylation sites is 1. The average Bonchev–Trinajstić information content (AvgIpc) is 3.14. The third kappa shape index (κ3) is 3.54. The molecular formula is C20H20N2O5S. The monoisotopic (exact) mass is 400 g/mol. The largest absolute Gasteiger partial charge is 0.451 e. The molecule has 0 spiro atoms.